The van der Waals surface area contributed by atoms with Gasteiger partial charge >= 0.3 is 0 Å². The summed E-state index contributed by atoms with van der Waals surface area (Å²) in [6.07, 6.45) is 1.27. The quantitative estimate of drug-likeness (QED) is 0.550. The number of nitrogens with one attached hydrogen (secondary N) is 1. The molecule has 3 N–H and O–H groups in total. The zero-order chi connectivity index (χ0) is 16.8. The van der Waals surface area contributed by atoms with Crippen LogP contribution in [0.1, 0.15) is 11.1 Å². The summed E-state index contributed by atoms with van der Waals surface area (Å²) >= 11 is 3.36. The van der Waals surface area contributed by atoms with E-state index in [9.17, 15) is 15.0 Å². The Kier molecular flexibility index (Phi) is 5.59. The van der Waals surface area contributed by atoms with Gasteiger partial charge in [-0.05, 0) is 52.7 Å². The molecule has 2 aromatic carbocycles. The Bertz CT molecular complexity index is 747. The standard InChI is InChI=1S/C16H15BrN2O4/c1-10-2-5-15(13(17)6-10)23-9-16(22)19-18-8-11-3-4-12(20)7-14(11)21/h2-8,20-21H,9H2,1H3,(H,19,22)/b18-8+. The molecule has 0 atom stereocenters. The van der Waals surface area contributed by atoms with Crippen LogP contribution in [0.25, 0.3) is 0 Å². The average Bonchev–Trinajstić information content (AvgIpc) is 2.48. The summed E-state index contributed by atoms with van der Waals surface area (Å²) in [7, 11) is 0. The number of benzene rings is 2. The van der Waals surface area contributed by atoms with Crippen molar-refractivity contribution in [3.05, 3.63) is 52.0 Å². The maximum Gasteiger partial charge on any atom is 0.277 e. The minimum Gasteiger partial charge on any atom is -0.508 e. The number of aromatic hydroxyl groups is 2. The van der Waals surface area contributed by atoms with Crippen LogP contribution in [0.15, 0.2) is 46.0 Å². The minimum absolute atomic E-state index is 0.0549. The highest BCUT2D eigenvalue weighted by Gasteiger charge is 2.05. The van der Waals surface area contributed by atoms with Gasteiger partial charge in [0.1, 0.15) is 17.2 Å². The molecule has 0 aliphatic heterocycles. The van der Waals surface area contributed by atoms with Crippen molar-refractivity contribution in [1.29, 1.82) is 0 Å². The molecule has 1 amide bonds. The highest BCUT2D eigenvalue weighted by Crippen LogP contribution is 2.25. The first kappa shape index (κ1) is 16.8. The first-order chi connectivity index (χ1) is 11.0. The Labute approximate surface area is 141 Å². The number of amides is 1. The third-order valence-electron chi connectivity index (χ3n) is 2.85. The number of rotatable bonds is 5. The molecule has 0 saturated carbocycles. The van der Waals surface area contributed by atoms with Gasteiger partial charge in [0.25, 0.3) is 5.91 Å². The second-order valence-electron chi connectivity index (χ2n) is 4.76. The molecule has 0 heterocycles. The van der Waals surface area contributed by atoms with Crippen LogP contribution in [0.5, 0.6) is 17.2 Å². The van der Waals surface area contributed by atoms with Crippen molar-refractivity contribution in [1.82, 2.24) is 5.43 Å². The van der Waals surface area contributed by atoms with E-state index >= 15 is 0 Å². The van der Waals surface area contributed by atoms with E-state index in [0.717, 1.165) is 10.0 Å². The molecule has 0 bridgehead atoms. The Hall–Kier alpha value is -2.54. The minimum atomic E-state index is -0.438. The molecule has 0 aromatic heterocycles. The van der Waals surface area contributed by atoms with Gasteiger partial charge in [0, 0.05) is 11.6 Å². The Morgan fingerprint density at radius 2 is 2.09 bits per heavy atom. The van der Waals surface area contributed by atoms with E-state index in [0.29, 0.717) is 11.3 Å². The number of ether oxygens (including phenoxy) is 1. The molecule has 7 heteroatoms. The lowest BCUT2D eigenvalue weighted by atomic mass is 10.2. The molecule has 0 spiro atoms. The second kappa shape index (κ2) is 7.64. The smallest absolute Gasteiger partial charge is 0.277 e. The average molecular weight is 379 g/mol. The zero-order valence-corrected chi connectivity index (χ0v) is 13.9. The summed E-state index contributed by atoms with van der Waals surface area (Å²) in [5, 5.41) is 22.5. The highest BCUT2D eigenvalue weighted by molar-refractivity contribution is 9.10. The van der Waals surface area contributed by atoms with Crippen molar-refractivity contribution >= 4 is 28.1 Å². The zero-order valence-electron chi connectivity index (χ0n) is 12.3. The summed E-state index contributed by atoms with van der Waals surface area (Å²) in [6.45, 7) is 1.76. The topological polar surface area (TPSA) is 91.2 Å². The molecule has 0 aliphatic rings. The monoisotopic (exact) mass is 378 g/mol. The van der Waals surface area contributed by atoms with Crippen molar-refractivity contribution < 1.29 is 19.7 Å². The molecule has 0 radical (unpaired) electrons. The predicted octanol–water partition coefficient (Wildman–Crippen LogP) is 2.70. The van der Waals surface area contributed by atoms with Crippen LogP contribution in [0.3, 0.4) is 0 Å². The number of aryl methyl sites for hydroxylation is 1. The Balaban J connectivity index is 1.86. The molecule has 2 aromatic rings. The third kappa shape index (κ3) is 5.00. The molecule has 6 nitrogen and oxygen atoms in total. The Morgan fingerprint density at radius 1 is 1.30 bits per heavy atom. The maximum absolute atomic E-state index is 11.7. The highest BCUT2D eigenvalue weighted by atomic mass is 79.9. The number of phenols is 2. The van der Waals surface area contributed by atoms with E-state index in [1.807, 2.05) is 19.1 Å². The van der Waals surface area contributed by atoms with Crippen molar-refractivity contribution in [2.75, 3.05) is 6.61 Å². The number of carbonyl (C=O) groups excluding carboxylic acids is 1. The van der Waals surface area contributed by atoms with Gasteiger partial charge in [-0.1, -0.05) is 6.07 Å². The normalized spacial score (nSPS) is 10.7. The summed E-state index contributed by atoms with van der Waals surface area (Å²) < 4.78 is 6.15. The van der Waals surface area contributed by atoms with Crippen LogP contribution in [0.4, 0.5) is 0 Å². The van der Waals surface area contributed by atoms with Crippen molar-refractivity contribution in [3.8, 4) is 17.2 Å². The van der Waals surface area contributed by atoms with Gasteiger partial charge in [-0.25, -0.2) is 5.43 Å². The van der Waals surface area contributed by atoms with Crippen LogP contribution in [0, 0.1) is 6.92 Å². The van der Waals surface area contributed by atoms with Crippen LogP contribution in [-0.2, 0) is 4.79 Å². The molecule has 2 rings (SSSR count). The van der Waals surface area contributed by atoms with Crippen LogP contribution in [-0.4, -0.2) is 28.9 Å². The SMILES string of the molecule is Cc1ccc(OCC(=O)N/N=C/c2ccc(O)cc2O)c(Br)c1. The summed E-state index contributed by atoms with van der Waals surface area (Å²) in [4.78, 5) is 11.7. The van der Waals surface area contributed by atoms with Gasteiger partial charge in [-0.15, -0.1) is 0 Å². The van der Waals surface area contributed by atoms with Crippen molar-refractivity contribution in [3.63, 3.8) is 0 Å². The summed E-state index contributed by atoms with van der Waals surface area (Å²) in [5.41, 5.74) is 3.73. The van der Waals surface area contributed by atoms with Crippen LogP contribution < -0.4 is 10.2 Å². The van der Waals surface area contributed by atoms with Crippen LogP contribution >= 0.6 is 15.9 Å². The molecule has 120 valence electrons. The molecule has 0 aliphatic carbocycles. The second-order valence-corrected chi connectivity index (χ2v) is 5.61. The van der Waals surface area contributed by atoms with Gasteiger partial charge in [-0.3, -0.25) is 4.79 Å². The van der Waals surface area contributed by atoms with E-state index in [1.54, 1.807) is 6.07 Å². The van der Waals surface area contributed by atoms with Gasteiger partial charge < -0.3 is 14.9 Å². The summed E-state index contributed by atoms with van der Waals surface area (Å²) in [6, 6.07) is 9.59. The van der Waals surface area contributed by atoms with Gasteiger partial charge in [-0.2, -0.15) is 5.10 Å². The van der Waals surface area contributed by atoms with E-state index in [1.165, 1.54) is 24.4 Å². The number of hydrazone groups is 1. The van der Waals surface area contributed by atoms with E-state index in [4.69, 9.17) is 4.74 Å². The molecule has 0 saturated heterocycles. The molecule has 23 heavy (non-hydrogen) atoms. The van der Waals surface area contributed by atoms with E-state index in [-0.39, 0.29) is 18.1 Å². The number of carbonyl (C=O) groups is 1. The number of nitrogens with zero attached hydrogens (tertiary/aromatic N) is 1. The largest absolute Gasteiger partial charge is 0.508 e. The lowest BCUT2D eigenvalue weighted by Gasteiger charge is -2.07. The lowest BCUT2D eigenvalue weighted by Crippen LogP contribution is -2.24. The number of hydrogen-bond donors (Lipinski definition) is 3. The molecular formula is C16H15BrN2O4. The van der Waals surface area contributed by atoms with Gasteiger partial charge in [0.15, 0.2) is 6.61 Å². The van der Waals surface area contributed by atoms with Crippen LogP contribution in [0.2, 0.25) is 0 Å². The molecular weight excluding hydrogens is 364 g/mol. The fraction of sp³-hybridized carbons (Fsp3) is 0.125. The maximum atomic E-state index is 11.7. The first-order valence-corrected chi connectivity index (χ1v) is 7.48. The Morgan fingerprint density at radius 3 is 2.78 bits per heavy atom. The molecule has 0 unspecified atom stereocenters. The van der Waals surface area contributed by atoms with Crippen molar-refractivity contribution in [2.24, 2.45) is 5.10 Å². The van der Waals surface area contributed by atoms with Gasteiger partial charge in [0.2, 0.25) is 0 Å². The first-order valence-electron chi connectivity index (χ1n) is 6.68. The lowest BCUT2D eigenvalue weighted by molar-refractivity contribution is -0.123. The number of halogens is 1. The van der Waals surface area contributed by atoms with Crippen molar-refractivity contribution in [2.45, 2.75) is 6.92 Å². The fourth-order valence-corrected chi connectivity index (χ4v) is 2.32. The third-order valence-corrected chi connectivity index (χ3v) is 3.47. The number of phenolic OH excluding ortho intramolecular Hbond substituents is 2. The summed E-state index contributed by atoms with van der Waals surface area (Å²) in [5.74, 6) is -0.0681. The van der Waals surface area contributed by atoms with Gasteiger partial charge in [0.05, 0.1) is 10.7 Å². The van der Waals surface area contributed by atoms with E-state index in [2.05, 4.69) is 26.5 Å². The molecule has 0 fully saturated rings. The predicted molar refractivity (Wildman–Crippen MR) is 89.9 cm³/mol. The van der Waals surface area contributed by atoms with E-state index < -0.39 is 5.91 Å². The fourth-order valence-electron chi connectivity index (χ4n) is 1.71. The number of hydrogen-bond acceptors (Lipinski definition) is 5.